The van der Waals surface area contributed by atoms with Crippen LogP contribution in [0, 0.1) is 0 Å². The molecule has 0 fully saturated rings. The molecule has 0 aliphatic carbocycles. The fraction of sp³-hybridized carbons (Fsp3) is 0.200. The van der Waals surface area contributed by atoms with Crippen LogP contribution in [-0.4, -0.2) is 24.0 Å². The second kappa shape index (κ2) is 4.72. The van der Waals surface area contributed by atoms with E-state index in [-0.39, 0.29) is 5.78 Å². The maximum absolute atomic E-state index is 11.4. The number of benzene rings is 1. The highest BCUT2D eigenvalue weighted by atomic mass is 16.6. The van der Waals surface area contributed by atoms with E-state index in [9.17, 15) is 4.79 Å². The van der Waals surface area contributed by atoms with E-state index in [0.29, 0.717) is 18.8 Å². The first-order valence-electron chi connectivity index (χ1n) is 6.10. The van der Waals surface area contributed by atoms with E-state index in [4.69, 9.17) is 9.47 Å². The summed E-state index contributed by atoms with van der Waals surface area (Å²) in [4.78, 5) is 15.5. The van der Waals surface area contributed by atoms with Crippen molar-refractivity contribution < 1.29 is 14.3 Å². The van der Waals surface area contributed by atoms with Gasteiger partial charge in [0, 0.05) is 23.5 Å². The van der Waals surface area contributed by atoms with Crippen molar-refractivity contribution in [3.63, 3.8) is 0 Å². The van der Waals surface area contributed by atoms with Crippen LogP contribution in [0.25, 0.3) is 11.1 Å². The van der Waals surface area contributed by atoms with Gasteiger partial charge in [-0.15, -0.1) is 0 Å². The zero-order valence-corrected chi connectivity index (χ0v) is 10.6. The van der Waals surface area contributed by atoms with Gasteiger partial charge in [0.25, 0.3) is 0 Å². The molecule has 2 heterocycles. The number of aromatic nitrogens is 1. The molecular formula is C15H13NO3. The van der Waals surface area contributed by atoms with E-state index >= 15 is 0 Å². The molecule has 4 nitrogen and oxygen atoms in total. The molecule has 0 radical (unpaired) electrons. The fourth-order valence-corrected chi connectivity index (χ4v) is 2.01. The third-order valence-corrected chi connectivity index (χ3v) is 3.02. The van der Waals surface area contributed by atoms with Crippen LogP contribution in [-0.2, 0) is 0 Å². The van der Waals surface area contributed by atoms with Gasteiger partial charge in [-0.25, -0.2) is 0 Å². The molecule has 0 unspecified atom stereocenters. The number of carbonyl (C=O) groups excluding carboxylic acids is 1. The van der Waals surface area contributed by atoms with Gasteiger partial charge in [-0.2, -0.15) is 0 Å². The van der Waals surface area contributed by atoms with Gasteiger partial charge in [0.1, 0.15) is 13.2 Å². The summed E-state index contributed by atoms with van der Waals surface area (Å²) in [5.41, 5.74) is 2.46. The van der Waals surface area contributed by atoms with E-state index in [1.807, 2.05) is 24.3 Å². The lowest BCUT2D eigenvalue weighted by Crippen LogP contribution is -2.15. The molecule has 3 rings (SSSR count). The topological polar surface area (TPSA) is 48.4 Å². The van der Waals surface area contributed by atoms with Crippen molar-refractivity contribution in [3.8, 4) is 22.6 Å². The normalized spacial score (nSPS) is 13.1. The fourth-order valence-electron chi connectivity index (χ4n) is 2.01. The predicted octanol–water partition coefficient (Wildman–Crippen LogP) is 2.72. The highest BCUT2D eigenvalue weighted by Crippen LogP contribution is 2.34. The molecule has 1 aromatic carbocycles. The van der Waals surface area contributed by atoms with Crippen LogP contribution < -0.4 is 9.47 Å². The summed E-state index contributed by atoms with van der Waals surface area (Å²) in [5.74, 6) is 1.49. The Labute approximate surface area is 111 Å². The molecule has 1 aliphatic heterocycles. The lowest BCUT2D eigenvalue weighted by atomic mass is 10.0. The third kappa shape index (κ3) is 2.29. The van der Waals surface area contributed by atoms with Gasteiger partial charge in [-0.1, -0.05) is 6.07 Å². The van der Waals surface area contributed by atoms with E-state index in [1.54, 1.807) is 12.4 Å². The van der Waals surface area contributed by atoms with Gasteiger partial charge in [0.2, 0.25) is 0 Å². The average Bonchev–Trinajstić information content (AvgIpc) is 2.47. The van der Waals surface area contributed by atoms with Crippen LogP contribution in [0.1, 0.15) is 17.3 Å². The number of hydrogen-bond donors (Lipinski definition) is 0. The van der Waals surface area contributed by atoms with Crippen molar-refractivity contribution in [2.75, 3.05) is 13.2 Å². The smallest absolute Gasteiger partial charge is 0.161 e. The van der Waals surface area contributed by atoms with E-state index in [0.717, 1.165) is 22.6 Å². The second-order valence-corrected chi connectivity index (χ2v) is 4.38. The van der Waals surface area contributed by atoms with Crippen LogP contribution >= 0.6 is 0 Å². The summed E-state index contributed by atoms with van der Waals surface area (Å²) in [7, 11) is 0. The minimum Gasteiger partial charge on any atom is -0.486 e. The molecule has 0 saturated carbocycles. The molecule has 19 heavy (non-hydrogen) atoms. The van der Waals surface area contributed by atoms with Crippen molar-refractivity contribution in [1.29, 1.82) is 0 Å². The maximum Gasteiger partial charge on any atom is 0.161 e. The minimum absolute atomic E-state index is 0.00638. The van der Waals surface area contributed by atoms with Crippen LogP contribution in [0.2, 0.25) is 0 Å². The summed E-state index contributed by atoms with van der Waals surface area (Å²) in [5, 5.41) is 0. The first-order valence-corrected chi connectivity index (χ1v) is 6.10. The molecule has 96 valence electrons. The first-order chi connectivity index (χ1) is 9.24. The SMILES string of the molecule is CC(=O)c1cncc(-c2ccc3c(c2)OCCO3)c1. The lowest BCUT2D eigenvalue weighted by molar-refractivity contribution is 0.101. The van der Waals surface area contributed by atoms with Gasteiger partial charge < -0.3 is 9.47 Å². The number of Topliss-reactive ketones (excluding diaryl/α,β-unsaturated/α-hetero) is 1. The zero-order valence-electron chi connectivity index (χ0n) is 10.6. The lowest BCUT2D eigenvalue weighted by Gasteiger charge is -2.18. The molecule has 2 aromatic rings. The highest BCUT2D eigenvalue weighted by molar-refractivity contribution is 5.94. The molecule has 1 aliphatic rings. The van der Waals surface area contributed by atoms with Crippen molar-refractivity contribution in [2.45, 2.75) is 6.92 Å². The molecular weight excluding hydrogens is 242 g/mol. The molecule has 0 amide bonds. The molecule has 1 aromatic heterocycles. The largest absolute Gasteiger partial charge is 0.486 e. The van der Waals surface area contributed by atoms with Crippen molar-refractivity contribution >= 4 is 5.78 Å². The Bertz CT molecular complexity index is 637. The third-order valence-electron chi connectivity index (χ3n) is 3.02. The predicted molar refractivity (Wildman–Crippen MR) is 70.7 cm³/mol. The van der Waals surface area contributed by atoms with E-state index in [2.05, 4.69) is 4.98 Å². The number of pyridine rings is 1. The standard InChI is InChI=1S/C15H13NO3/c1-10(17)12-6-13(9-16-8-12)11-2-3-14-15(7-11)19-5-4-18-14/h2-3,6-9H,4-5H2,1H3. The summed E-state index contributed by atoms with van der Waals surface area (Å²) in [6, 6.07) is 7.56. The van der Waals surface area contributed by atoms with Crippen LogP contribution in [0.3, 0.4) is 0 Å². The number of hydrogen-bond acceptors (Lipinski definition) is 4. The monoisotopic (exact) mass is 255 g/mol. The highest BCUT2D eigenvalue weighted by Gasteiger charge is 2.13. The minimum atomic E-state index is 0.00638. The van der Waals surface area contributed by atoms with Crippen molar-refractivity contribution in [2.24, 2.45) is 0 Å². The van der Waals surface area contributed by atoms with Gasteiger partial charge in [-0.05, 0) is 30.7 Å². The van der Waals surface area contributed by atoms with Crippen molar-refractivity contribution in [1.82, 2.24) is 4.98 Å². The number of ketones is 1. The summed E-state index contributed by atoms with van der Waals surface area (Å²) < 4.78 is 11.0. The van der Waals surface area contributed by atoms with Gasteiger partial charge in [0.15, 0.2) is 17.3 Å². The Morgan fingerprint density at radius 3 is 2.63 bits per heavy atom. The number of ether oxygens (including phenoxy) is 2. The second-order valence-electron chi connectivity index (χ2n) is 4.38. The summed E-state index contributed by atoms with van der Waals surface area (Å²) in [6.45, 7) is 2.67. The molecule has 4 heteroatoms. The molecule has 0 N–H and O–H groups in total. The zero-order chi connectivity index (χ0) is 13.2. The Hall–Kier alpha value is -2.36. The Morgan fingerprint density at radius 1 is 1.05 bits per heavy atom. The van der Waals surface area contributed by atoms with Gasteiger partial charge >= 0.3 is 0 Å². The maximum atomic E-state index is 11.4. The average molecular weight is 255 g/mol. The van der Waals surface area contributed by atoms with Crippen molar-refractivity contribution in [3.05, 3.63) is 42.2 Å². The van der Waals surface area contributed by atoms with E-state index in [1.165, 1.54) is 6.92 Å². The number of rotatable bonds is 2. The Kier molecular flexibility index (Phi) is 2.91. The summed E-state index contributed by atoms with van der Waals surface area (Å²) in [6.07, 6.45) is 3.31. The van der Waals surface area contributed by atoms with Crippen LogP contribution in [0.5, 0.6) is 11.5 Å². The quantitative estimate of drug-likeness (QED) is 0.774. The van der Waals surface area contributed by atoms with Gasteiger partial charge in [0.05, 0.1) is 0 Å². The van der Waals surface area contributed by atoms with Crippen LogP contribution in [0.15, 0.2) is 36.7 Å². The molecule has 0 atom stereocenters. The Balaban J connectivity index is 2.02. The first kappa shape index (κ1) is 11.7. The Morgan fingerprint density at radius 2 is 1.84 bits per heavy atom. The number of nitrogens with zero attached hydrogens (tertiary/aromatic N) is 1. The molecule has 0 bridgehead atoms. The molecule has 0 saturated heterocycles. The van der Waals surface area contributed by atoms with E-state index < -0.39 is 0 Å². The number of carbonyl (C=O) groups is 1. The molecule has 0 spiro atoms. The summed E-state index contributed by atoms with van der Waals surface area (Å²) >= 11 is 0. The van der Waals surface area contributed by atoms with Gasteiger partial charge in [-0.3, -0.25) is 9.78 Å². The van der Waals surface area contributed by atoms with Crippen LogP contribution in [0.4, 0.5) is 0 Å². The number of fused-ring (bicyclic) bond motifs is 1.